The van der Waals surface area contributed by atoms with Crippen LogP contribution in [0.3, 0.4) is 0 Å². The molecule has 2 rings (SSSR count). The molecular formula is C20H27F. The van der Waals surface area contributed by atoms with E-state index in [1.165, 1.54) is 18.4 Å². The summed E-state index contributed by atoms with van der Waals surface area (Å²) in [6, 6.07) is 3.55. The minimum Gasteiger partial charge on any atom is -0.207 e. The molecule has 0 unspecified atom stereocenters. The molecular weight excluding hydrogens is 259 g/mol. The maximum Gasteiger partial charge on any atom is 0.126 e. The van der Waals surface area contributed by atoms with Crippen molar-refractivity contribution in [3.8, 4) is 0 Å². The molecule has 114 valence electrons. The molecule has 1 aliphatic carbocycles. The Morgan fingerprint density at radius 2 is 2.00 bits per heavy atom. The summed E-state index contributed by atoms with van der Waals surface area (Å²) in [5.41, 5.74) is 4.40. The van der Waals surface area contributed by atoms with Crippen molar-refractivity contribution in [1.29, 1.82) is 0 Å². The SMILES string of the molecule is C=C/C=C(\c1ccc(F)c(CCC2CC2)c1C)C(C)(C)C. The van der Waals surface area contributed by atoms with E-state index in [2.05, 4.69) is 40.3 Å². The smallest absolute Gasteiger partial charge is 0.126 e. The first kappa shape index (κ1) is 16.0. The monoisotopic (exact) mass is 286 g/mol. The molecule has 0 saturated heterocycles. The molecule has 0 aromatic heterocycles. The Morgan fingerprint density at radius 1 is 1.33 bits per heavy atom. The van der Waals surface area contributed by atoms with Crippen LogP contribution in [0.4, 0.5) is 4.39 Å². The van der Waals surface area contributed by atoms with Gasteiger partial charge in [-0.15, -0.1) is 0 Å². The minimum atomic E-state index is -0.0521. The lowest BCUT2D eigenvalue weighted by Crippen LogP contribution is -2.11. The average Bonchev–Trinajstić information content (AvgIpc) is 3.19. The molecule has 1 fully saturated rings. The molecule has 1 aromatic carbocycles. The Labute approximate surface area is 128 Å². The van der Waals surface area contributed by atoms with Crippen molar-refractivity contribution in [2.75, 3.05) is 0 Å². The highest BCUT2D eigenvalue weighted by Crippen LogP contribution is 2.38. The molecule has 1 aromatic rings. The molecule has 0 radical (unpaired) electrons. The summed E-state index contributed by atoms with van der Waals surface area (Å²) in [6.45, 7) is 12.5. The van der Waals surface area contributed by atoms with Gasteiger partial charge in [0.15, 0.2) is 0 Å². The third kappa shape index (κ3) is 3.84. The van der Waals surface area contributed by atoms with Crippen LogP contribution in [0.2, 0.25) is 0 Å². The lowest BCUT2D eigenvalue weighted by Gasteiger charge is -2.26. The summed E-state index contributed by atoms with van der Waals surface area (Å²) >= 11 is 0. The van der Waals surface area contributed by atoms with E-state index >= 15 is 0 Å². The maximum atomic E-state index is 14.2. The van der Waals surface area contributed by atoms with Crippen molar-refractivity contribution in [3.05, 3.63) is 53.4 Å². The normalized spacial score (nSPS) is 16.1. The standard InChI is InChI=1S/C20H27F/c1-6-7-18(20(3,4)5)16-12-13-19(21)17(14(16)2)11-10-15-8-9-15/h6-7,12-13,15H,1,8-11H2,2-5H3/b18-7+. The van der Waals surface area contributed by atoms with Crippen LogP contribution in [0.15, 0.2) is 30.9 Å². The molecule has 1 aliphatic rings. The summed E-state index contributed by atoms with van der Waals surface area (Å²) in [7, 11) is 0. The van der Waals surface area contributed by atoms with Crippen LogP contribution in [0, 0.1) is 24.1 Å². The fourth-order valence-electron chi connectivity index (χ4n) is 2.94. The molecule has 0 amide bonds. The van der Waals surface area contributed by atoms with Crippen LogP contribution >= 0.6 is 0 Å². The topological polar surface area (TPSA) is 0 Å². The molecule has 1 saturated carbocycles. The lowest BCUT2D eigenvalue weighted by atomic mass is 9.79. The van der Waals surface area contributed by atoms with Crippen molar-refractivity contribution in [2.24, 2.45) is 11.3 Å². The molecule has 0 bridgehead atoms. The van der Waals surface area contributed by atoms with Crippen LogP contribution in [0.1, 0.15) is 56.7 Å². The number of rotatable bonds is 5. The van der Waals surface area contributed by atoms with Crippen LogP contribution < -0.4 is 0 Å². The van der Waals surface area contributed by atoms with E-state index in [-0.39, 0.29) is 11.2 Å². The molecule has 0 aliphatic heterocycles. The Bertz CT molecular complexity index is 554. The predicted molar refractivity (Wildman–Crippen MR) is 89.8 cm³/mol. The van der Waals surface area contributed by atoms with Gasteiger partial charge in [0.25, 0.3) is 0 Å². The van der Waals surface area contributed by atoms with Crippen LogP contribution in [0.25, 0.3) is 5.57 Å². The second-order valence-electron chi connectivity index (χ2n) is 7.25. The van der Waals surface area contributed by atoms with Crippen molar-refractivity contribution < 1.29 is 4.39 Å². The molecule has 0 heterocycles. The zero-order valence-electron chi connectivity index (χ0n) is 13.8. The second-order valence-corrected chi connectivity index (χ2v) is 7.25. The van der Waals surface area contributed by atoms with E-state index < -0.39 is 0 Å². The summed E-state index contributed by atoms with van der Waals surface area (Å²) in [6.07, 6.45) is 8.52. The third-order valence-corrected chi connectivity index (χ3v) is 4.42. The fourth-order valence-corrected chi connectivity index (χ4v) is 2.94. The molecule has 0 spiro atoms. The van der Waals surface area contributed by atoms with Crippen LogP contribution in [-0.4, -0.2) is 0 Å². The van der Waals surface area contributed by atoms with E-state index in [4.69, 9.17) is 0 Å². The van der Waals surface area contributed by atoms with Gasteiger partial charge < -0.3 is 0 Å². The number of benzene rings is 1. The van der Waals surface area contributed by atoms with Gasteiger partial charge in [-0.05, 0) is 59.4 Å². The lowest BCUT2D eigenvalue weighted by molar-refractivity contribution is 0.564. The first-order chi connectivity index (χ1) is 9.84. The summed E-state index contributed by atoms with van der Waals surface area (Å²) in [5.74, 6) is 0.780. The van der Waals surface area contributed by atoms with E-state index in [1.54, 1.807) is 6.07 Å². The van der Waals surface area contributed by atoms with Gasteiger partial charge in [-0.3, -0.25) is 0 Å². The van der Waals surface area contributed by atoms with Crippen molar-refractivity contribution >= 4 is 5.57 Å². The van der Waals surface area contributed by atoms with Crippen molar-refractivity contribution in [2.45, 2.75) is 53.4 Å². The Kier molecular flexibility index (Phi) is 4.70. The van der Waals surface area contributed by atoms with Gasteiger partial charge in [0.05, 0.1) is 0 Å². The van der Waals surface area contributed by atoms with Gasteiger partial charge >= 0.3 is 0 Å². The van der Waals surface area contributed by atoms with Gasteiger partial charge in [-0.1, -0.05) is 58.4 Å². The second kappa shape index (κ2) is 6.17. The highest BCUT2D eigenvalue weighted by atomic mass is 19.1. The van der Waals surface area contributed by atoms with Crippen LogP contribution in [0.5, 0.6) is 0 Å². The molecule has 1 heteroatoms. The molecule has 21 heavy (non-hydrogen) atoms. The number of hydrogen-bond donors (Lipinski definition) is 0. The number of hydrogen-bond acceptors (Lipinski definition) is 0. The fraction of sp³-hybridized carbons (Fsp3) is 0.500. The van der Waals surface area contributed by atoms with Crippen molar-refractivity contribution in [3.63, 3.8) is 0 Å². The zero-order valence-corrected chi connectivity index (χ0v) is 13.8. The first-order valence-electron chi connectivity index (χ1n) is 7.96. The summed E-state index contributed by atoms with van der Waals surface area (Å²) in [5, 5.41) is 0. The van der Waals surface area contributed by atoms with Gasteiger partial charge in [0, 0.05) is 0 Å². The van der Waals surface area contributed by atoms with Gasteiger partial charge in [0.2, 0.25) is 0 Å². The summed E-state index contributed by atoms with van der Waals surface area (Å²) in [4.78, 5) is 0. The molecule has 0 nitrogen and oxygen atoms in total. The average molecular weight is 286 g/mol. The molecule has 0 atom stereocenters. The Hall–Kier alpha value is -1.37. The Balaban J connectivity index is 2.40. The van der Waals surface area contributed by atoms with E-state index in [0.29, 0.717) is 0 Å². The highest BCUT2D eigenvalue weighted by molar-refractivity contribution is 5.73. The highest BCUT2D eigenvalue weighted by Gasteiger charge is 2.24. The third-order valence-electron chi connectivity index (χ3n) is 4.42. The zero-order chi connectivity index (χ0) is 15.6. The van der Waals surface area contributed by atoms with Crippen LogP contribution in [-0.2, 0) is 6.42 Å². The quantitative estimate of drug-likeness (QED) is 0.574. The maximum absolute atomic E-state index is 14.2. The predicted octanol–water partition coefficient (Wildman–Crippen LogP) is 6.09. The van der Waals surface area contributed by atoms with Crippen molar-refractivity contribution in [1.82, 2.24) is 0 Å². The number of allylic oxidation sites excluding steroid dienone is 3. The first-order valence-corrected chi connectivity index (χ1v) is 7.96. The number of halogens is 1. The van der Waals surface area contributed by atoms with Gasteiger partial charge in [0.1, 0.15) is 5.82 Å². The van der Waals surface area contributed by atoms with Gasteiger partial charge in [-0.2, -0.15) is 0 Å². The largest absolute Gasteiger partial charge is 0.207 e. The van der Waals surface area contributed by atoms with Gasteiger partial charge in [-0.25, -0.2) is 4.39 Å². The molecule has 0 N–H and O–H groups in total. The summed E-state index contributed by atoms with van der Waals surface area (Å²) < 4.78 is 14.2. The Morgan fingerprint density at radius 3 is 2.52 bits per heavy atom. The minimum absolute atomic E-state index is 0.0184. The van der Waals surface area contributed by atoms with E-state index in [0.717, 1.165) is 35.4 Å². The van der Waals surface area contributed by atoms with E-state index in [9.17, 15) is 4.39 Å². The van der Waals surface area contributed by atoms with E-state index in [1.807, 2.05) is 12.1 Å².